The van der Waals surface area contributed by atoms with Crippen molar-refractivity contribution in [1.29, 1.82) is 0 Å². The SMILES string of the molecule is CC(=O)[C@@H]1CCCC[C@@H]1C(=O)NCCN1CCN(CC(N)=O)CC1. The van der Waals surface area contributed by atoms with Gasteiger partial charge in [0.15, 0.2) is 0 Å². The fourth-order valence-corrected chi connectivity index (χ4v) is 3.79. The van der Waals surface area contributed by atoms with Gasteiger partial charge in [0.2, 0.25) is 11.8 Å². The Kier molecular flexibility index (Phi) is 7.17. The Morgan fingerprint density at radius 3 is 2.17 bits per heavy atom. The summed E-state index contributed by atoms with van der Waals surface area (Å²) in [6.07, 6.45) is 3.74. The average Bonchev–Trinajstić information content (AvgIpc) is 2.56. The number of hydrogen-bond donors (Lipinski definition) is 2. The van der Waals surface area contributed by atoms with Gasteiger partial charge in [-0.25, -0.2) is 0 Å². The zero-order valence-corrected chi connectivity index (χ0v) is 14.6. The zero-order chi connectivity index (χ0) is 17.5. The van der Waals surface area contributed by atoms with E-state index < -0.39 is 0 Å². The standard InChI is InChI=1S/C17H30N4O3/c1-13(22)14-4-2-3-5-15(14)17(24)19-6-7-20-8-10-21(11-9-20)12-16(18)23/h14-15H,2-12H2,1H3,(H2,18,23)(H,19,24)/t14-,15-/m0/s1. The number of amides is 2. The van der Waals surface area contributed by atoms with Crippen LogP contribution in [0.15, 0.2) is 0 Å². The Labute approximate surface area is 143 Å². The molecule has 2 fully saturated rings. The molecule has 7 nitrogen and oxygen atoms in total. The van der Waals surface area contributed by atoms with Crippen LogP contribution >= 0.6 is 0 Å². The quantitative estimate of drug-likeness (QED) is 0.659. The molecular weight excluding hydrogens is 308 g/mol. The van der Waals surface area contributed by atoms with E-state index in [1.54, 1.807) is 6.92 Å². The lowest BCUT2D eigenvalue weighted by atomic mass is 9.77. The predicted octanol–water partition coefficient (Wildman–Crippen LogP) is -0.399. The number of hydrogen-bond acceptors (Lipinski definition) is 5. The number of ketones is 1. The molecule has 0 spiro atoms. The van der Waals surface area contributed by atoms with Crippen LogP contribution in [0.4, 0.5) is 0 Å². The molecule has 0 unspecified atom stereocenters. The van der Waals surface area contributed by atoms with Crippen molar-refractivity contribution < 1.29 is 14.4 Å². The maximum Gasteiger partial charge on any atom is 0.231 e. The molecule has 0 bridgehead atoms. The highest BCUT2D eigenvalue weighted by atomic mass is 16.2. The van der Waals surface area contributed by atoms with Crippen LogP contribution in [-0.2, 0) is 14.4 Å². The second kappa shape index (κ2) is 9.13. The number of nitrogens with one attached hydrogen (secondary N) is 1. The number of nitrogens with zero attached hydrogens (tertiary/aromatic N) is 2. The summed E-state index contributed by atoms with van der Waals surface area (Å²) >= 11 is 0. The molecule has 0 aromatic carbocycles. The van der Waals surface area contributed by atoms with Gasteiger partial charge in [-0.2, -0.15) is 0 Å². The van der Waals surface area contributed by atoms with Crippen LogP contribution in [0.2, 0.25) is 0 Å². The van der Waals surface area contributed by atoms with E-state index in [9.17, 15) is 14.4 Å². The van der Waals surface area contributed by atoms with Gasteiger partial charge in [-0.15, -0.1) is 0 Å². The van der Waals surface area contributed by atoms with Crippen molar-refractivity contribution in [2.45, 2.75) is 32.6 Å². The van der Waals surface area contributed by atoms with Crippen LogP contribution in [0.5, 0.6) is 0 Å². The fraction of sp³-hybridized carbons (Fsp3) is 0.824. The fourth-order valence-electron chi connectivity index (χ4n) is 3.79. The first-order chi connectivity index (χ1) is 11.5. The molecule has 1 saturated heterocycles. The lowest BCUT2D eigenvalue weighted by molar-refractivity contribution is -0.134. The topological polar surface area (TPSA) is 95.7 Å². The predicted molar refractivity (Wildman–Crippen MR) is 91.2 cm³/mol. The largest absolute Gasteiger partial charge is 0.369 e. The third-order valence-electron chi connectivity index (χ3n) is 5.20. The molecule has 136 valence electrons. The van der Waals surface area contributed by atoms with Crippen LogP contribution in [-0.4, -0.2) is 73.2 Å². The number of rotatable bonds is 7. The molecule has 1 aliphatic heterocycles. The first-order valence-corrected chi connectivity index (χ1v) is 8.98. The maximum absolute atomic E-state index is 12.4. The van der Waals surface area contributed by atoms with Crippen molar-refractivity contribution in [1.82, 2.24) is 15.1 Å². The van der Waals surface area contributed by atoms with Gasteiger partial charge in [0.1, 0.15) is 5.78 Å². The van der Waals surface area contributed by atoms with Crippen molar-refractivity contribution >= 4 is 17.6 Å². The first-order valence-electron chi connectivity index (χ1n) is 8.98. The smallest absolute Gasteiger partial charge is 0.231 e. The van der Waals surface area contributed by atoms with Gasteiger partial charge in [0.25, 0.3) is 0 Å². The van der Waals surface area contributed by atoms with E-state index in [1.807, 2.05) is 0 Å². The molecule has 1 heterocycles. The summed E-state index contributed by atoms with van der Waals surface area (Å²) in [6.45, 7) is 6.73. The monoisotopic (exact) mass is 338 g/mol. The molecule has 1 saturated carbocycles. The highest BCUT2D eigenvalue weighted by molar-refractivity contribution is 5.87. The molecule has 7 heteroatoms. The molecule has 2 amide bonds. The summed E-state index contributed by atoms with van der Waals surface area (Å²) in [5, 5.41) is 3.01. The molecular formula is C17H30N4O3. The Balaban J connectivity index is 1.67. The second-order valence-electron chi connectivity index (χ2n) is 6.98. The number of nitrogens with two attached hydrogens (primary N) is 1. The minimum Gasteiger partial charge on any atom is -0.369 e. The van der Waals surface area contributed by atoms with Crippen molar-refractivity contribution in [3.63, 3.8) is 0 Å². The second-order valence-corrected chi connectivity index (χ2v) is 6.98. The Morgan fingerprint density at radius 2 is 1.58 bits per heavy atom. The van der Waals surface area contributed by atoms with Crippen molar-refractivity contribution in [3.8, 4) is 0 Å². The summed E-state index contributed by atoms with van der Waals surface area (Å²) in [5.74, 6) is -0.370. The summed E-state index contributed by atoms with van der Waals surface area (Å²) < 4.78 is 0. The highest BCUT2D eigenvalue weighted by Gasteiger charge is 2.33. The number of primary amides is 1. The summed E-state index contributed by atoms with van der Waals surface area (Å²) in [7, 11) is 0. The molecule has 0 aromatic heterocycles. The Morgan fingerprint density at radius 1 is 1.00 bits per heavy atom. The van der Waals surface area contributed by atoms with Crippen LogP contribution in [0.3, 0.4) is 0 Å². The van der Waals surface area contributed by atoms with E-state index in [-0.39, 0.29) is 29.4 Å². The van der Waals surface area contributed by atoms with Crippen LogP contribution < -0.4 is 11.1 Å². The van der Waals surface area contributed by atoms with Crippen LogP contribution in [0.25, 0.3) is 0 Å². The van der Waals surface area contributed by atoms with Gasteiger partial charge in [-0.1, -0.05) is 12.8 Å². The maximum atomic E-state index is 12.4. The number of piperazine rings is 1. The van der Waals surface area contributed by atoms with Crippen molar-refractivity contribution in [3.05, 3.63) is 0 Å². The van der Waals surface area contributed by atoms with Gasteiger partial charge in [-0.3, -0.25) is 24.2 Å². The molecule has 24 heavy (non-hydrogen) atoms. The van der Waals surface area contributed by atoms with Gasteiger partial charge >= 0.3 is 0 Å². The lowest BCUT2D eigenvalue weighted by Crippen LogP contribution is -2.50. The molecule has 2 rings (SSSR count). The zero-order valence-electron chi connectivity index (χ0n) is 14.6. The van der Waals surface area contributed by atoms with Crippen LogP contribution in [0.1, 0.15) is 32.6 Å². The Hall–Kier alpha value is -1.47. The van der Waals surface area contributed by atoms with Crippen LogP contribution in [0, 0.1) is 11.8 Å². The summed E-state index contributed by atoms with van der Waals surface area (Å²) in [4.78, 5) is 39.4. The first kappa shape index (κ1) is 18.9. The highest BCUT2D eigenvalue weighted by Crippen LogP contribution is 2.30. The van der Waals surface area contributed by atoms with Gasteiger partial charge in [-0.05, 0) is 19.8 Å². The molecule has 2 aliphatic rings. The minimum absolute atomic E-state index is 0.0299. The van der Waals surface area contributed by atoms with Gasteiger partial charge in [0, 0.05) is 51.1 Å². The van der Waals surface area contributed by atoms with E-state index in [4.69, 9.17) is 5.73 Å². The average molecular weight is 338 g/mol. The van der Waals surface area contributed by atoms with Crippen molar-refractivity contribution in [2.24, 2.45) is 17.6 Å². The van der Waals surface area contributed by atoms with E-state index in [0.717, 1.165) is 58.4 Å². The molecule has 2 atom stereocenters. The van der Waals surface area contributed by atoms with E-state index >= 15 is 0 Å². The lowest BCUT2D eigenvalue weighted by Gasteiger charge is -2.34. The summed E-state index contributed by atoms with van der Waals surface area (Å²) in [6, 6.07) is 0. The van der Waals surface area contributed by atoms with Gasteiger partial charge < -0.3 is 11.1 Å². The molecule has 1 aliphatic carbocycles. The molecule has 0 radical (unpaired) electrons. The van der Waals surface area contributed by atoms with Gasteiger partial charge in [0.05, 0.1) is 6.54 Å². The van der Waals surface area contributed by atoms with E-state index in [1.165, 1.54) is 0 Å². The molecule has 3 N–H and O–H groups in total. The minimum atomic E-state index is -0.289. The van der Waals surface area contributed by atoms with E-state index in [2.05, 4.69) is 15.1 Å². The number of carbonyl (C=O) groups excluding carboxylic acids is 3. The normalized spacial score (nSPS) is 26.0. The third-order valence-corrected chi connectivity index (χ3v) is 5.20. The number of Topliss-reactive ketones (excluding diaryl/α,β-unsaturated/α-hetero) is 1. The number of carbonyl (C=O) groups is 3. The van der Waals surface area contributed by atoms with Crippen molar-refractivity contribution in [2.75, 3.05) is 45.8 Å². The summed E-state index contributed by atoms with van der Waals surface area (Å²) in [5.41, 5.74) is 5.21. The third kappa shape index (κ3) is 5.56. The molecule has 0 aromatic rings. The van der Waals surface area contributed by atoms with E-state index in [0.29, 0.717) is 13.1 Å². The Bertz CT molecular complexity index is 461.